The van der Waals surface area contributed by atoms with Gasteiger partial charge in [0.25, 0.3) is 0 Å². The van der Waals surface area contributed by atoms with Gasteiger partial charge >= 0.3 is 333 Å². The van der Waals surface area contributed by atoms with Crippen LogP contribution in [0.3, 0.4) is 0 Å². The van der Waals surface area contributed by atoms with Crippen molar-refractivity contribution in [1.29, 1.82) is 0 Å². The first-order valence-corrected chi connectivity index (χ1v) is 22.0. The van der Waals surface area contributed by atoms with Crippen LogP contribution in [-0.2, 0) is 0 Å². The van der Waals surface area contributed by atoms with Crippen molar-refractivity contribution in [2.75, 3.05) is 10.6 Å². The summed E-state index contributed by atoms with van der Waals surface area (Å²) in [5, 5.41) is 12.7. The topological polar surface area (TPSA) is 42.5 Å². The molecular formula is C48H28GeN2O2S2. The van der Waals surface area contributed by atoms with Crippen LogP contribution >= 0.6 is 22.7 Å². The van der Waals surface area contributed by atoms with Crippen LogP contribution in [0, 0.1) is 0 Å². The Balaban J connectivity index is 0.946. The third kappa shape index (κ3) is 4.88. The van der Waals surface area contributed by atoms with E-state index in [-0.39, 0.29) is 0 Å². The summed E-state index contributed by atoms with van der Waals surface area (Å²) in [5.74, 6) is 3.40. The maximum atomic E-state index is 6.66. The molecule has 2 aromatic heterocycles. The minimum absolute atomic E-state index is 0.813. The van der Waals surface area contributed by atoms with Crippen LogP contribution in [0.1, 0.15) is 0 Å². The number of rotatable bonds is 4. The van der Waals surface area contributed by atoms with E-state index in [0.717, 1.165) is 56.9 Å². The molecule has 55 heavy (non-hydrogen) atoms. The molecule has 0 bridgehead atoms. The predicted molar refractivity (Wildman–Crippen MR) is 234 cm³/mol. The number of hydrogen-bond donors (Lipinski definition) is 2. The molecule has 4 heterocycles. The Morgan fingerprint density at radius 2 is 0.764 bits per heavy atom. The van der Waals surface area contributed by atoms with Crippen molar-refractivity contribution in [2.24, 2.45) is 0 Å². The van der Waals surface area contributed by atoms with Crippen LogP contribution in [0.2, 0.25) is 0 Å². The standard InChI is InChI=1S/C48H28GeN2O2S2/c1-5-17-33(27(11-1)29-15-9-19-35-45(29)50-47-37(52-35)23-25-41-43(47)31-13-3-7-21-39(31)54-41)49-34-18-6-2-12-28(34)30-16-10-20-36-46(30)51-48-38(53-36)24-26-42-44(48)32-14-4-8-22-40(32)55-42/h1-26,50-51H. The number of ether oxygens (including phenoxy) is 2. The van der Waals surface area contributed by atoms with E-state index in [2.05, 4.69) is 168 Å². The number of thiophene rings is 2. The van der Waals surface area contributed by atoms with Crippen LogP contribution in [-0.4, -0.2) is 15.4 Å². The number of fused-ring (bicyclic) bond motifs is 12. The monoisotopic (exact) mass is 802 g/mol. The van der Waals surface area contributed by atoms with Crippen molar-refractivity contribution < 1.29 is 9.47 Å². The quantitative estimate of drug-likeness (QED) is 0.174. The molecule has 0 aliphatic carbocycles. The molecular weight excluding hydrogens is 773 g/mol. The van der Waals surface area contributed by atoms with Crippen molar-refractivity contribution in [1.82, 2.24) is 0 Å². The van der Waals surface area contributed by atoms with Gasteiger partial charge in [0.05, 0.1) is 0 Å². The Morgan fingerprint density at radius 1 is 0.345 bits per heavy atom. The van der Waals surface area contributed by atoms with Crippen LogP contribution in [0.4, 0.5) is 22.7 Å². The summed E-state index contributed by atoms with van der Waals surface area (Å²) in [5.41, 5.74) is 8.84. The maximum absolute atomic E-state index is 6.66. The molecule has 10 aromatic rings. The first-order valence-electron chi connectivity index (χ1n) is 18.3. The van der Waals surface area contributed by atoms with Gasteiger partial charge in [0.2, 0.25) is 0 Å². The van der Waals surface area contributed by atoms with Gasteiger partial charge in [-0.3, -0.25) is 0 Å². The Hall–Kier alpha value is -6.06. The van der Waals surface area contributed by atoms with Gasteiger partial charge in [0.15, 0.2) is 0 Å². The number of nitrogens with one attached hydrogen (secondary N) is 2. The van der Waals surface area contributed by atoms with E-state index >= 15 is 0 Å². The van der Waals surface area contributed by atoms with Gasteiger partial charge in [-0.25, -0.2) is 0 Å². The number of para-hydroxylation sites is 2. The molecule has 8 aromatic carbocycles. The summed E-state index contributed by atoms with van der Waals surface area (Å²) in [4.78, 5) is 0. The summed E-state index contributed by atoms with van der Waals surface area (Å²) in [6.07, 6.45) is 0. The third-order valence-electron chi connectivity index (χ3n) is 10.7. The molecule has 2 aliphatic heterocycles. The molecule has 0 unspecified atom stereocenters. The predicted octanol–water partition coefficient (Wildman–Crippen LogP) is 13.1. The Bertz CT molecular complexity index is 3010. The second-order valence-corrected chi connectivity index (χ2v) is 18.8. The van der Waals surface area contributed by atoms with Crippen molar-refractivity contribution in [3.8, 4) is 45.3 Å². The summed E-state index contributed by atoms with van der Waals surface area (Å²) in [6, 6.07) is 56.4. The van der Waals surface area contributed by atoms with E-state index < -0.39 is 15.4 Å². The molecule has 0 spiro atoms. The van der Waals surface area contributed by atoms with Gasteiger partial charge in [-0.1, -0.05) is 0 Å². The normalized spacial score (nSPS) is 12.7. The zero-order valence-electron chi connectivity index (χ0n) is 29.1. The molecule has 4 nitrogen and oxygen atoms in total. The molecule has 7 heteroatoms. The van der Waals surface area contributed by atoms with E-state index in [0.29, 0.717) is 0 Å². The fourth-order valence-corrected chi connectivity index (χ4v) is 13.3. The average molecular weight is 802 g/mol. The molecule has 2 N–H and O–H groups in total. The second-order valence-electron chi connectivity index (χ2n) is 13.8. The first kappa shape index (κ1) is 31.3. The minimum atomic E-state index is -0.813. The fourth-order valence-electron chi connectivity index (χ4n) is 8.24. The molecule has 258 valence electrons. The molecule has 12 rings (SSSR count). The zero-order chi connectivity index (χ0) is 36.0. The Labute approximate surface area is 331 Å². The SMILES string of the molecule is c1ccc(-c2cccc3c2Nc2c(ccc4sc5ccccc5c24)O3)[c]([Ge][c]2ccccc2-c2cccc3c2Nc2c(ccc4sc5ccccc5c24)O3)c1. The van der Waals surface area contributed by atoms with E-state index in [1.54, 1.807) is 0 Å². The molecule has 0 saturated carbocycles. The van der Waals surface area contributed by atoms with Crippen molar-refractivity contribution in [3.05, 3.63) is 158 Å². The first-order chi connectivity index (χ1) is 27.2. The number of hydrogen-bond acceptors (Lipinski definition) is 6. The molecule has 0 amide bonds. The van der Waals surface area contributed by atoms with Crippen molar-refractivity contribution >= 4 is 110 Å². The Kier molecular flexibility index (Phi) is 6.96. The number of benzene rings is 8. The third-order valence-corrected chi connectivity index (χ3v) is 15.9. The van der Waals surface area contributed by atoms with Gasteiger partial charge in [-0.15, -0.1) is 0 Å². The summed E-state index contributed by atoms with van der Waals surface area (Å²) in [6.45, 7) is 0. The van der Waals surface area contributed by atoms with Gasteiger partial charge < -0.3 is 0 Å². The Morgan fingerprint density at radius 3 is 1.27 bits per heavy atom. The summed E-state index contributed by atoms with van der Waals surface area (Å²) >= 11 is 2.83. The van der Waals surface area contributed by atoms with Crippen molar-refractivity contribution in [2.45, 2.75) is 0 Å². The van der Waals surface area contributed by atoms with Gasteiger partial charge in [-0.2, -0.15) is 0 Å². The molecule has 0 atom stereocenters. The van der Waals surface area contributed by atoms with Crippen LogP contribution in [0.15, 0.2) is 158 Å². The molecule has 2 aliphatic rings. The molecule has 0 fully saturated rings. The van der Waals surface area contributed by atoms with E-state index in [1.807, 2.05) is 22.7 Å². The van der Waals surface area contributed by atoms with Crippen LogP contribution in [0.25, 0.3) is 62.6 Å². The van der Waals surface area contributed by atoms with E-state index in [4.69, 9.17) is 9.47 Å². The molecule has 0 saturated heterocycles. The molecule has 2 radical (unpaired) electrons. The summed E-state index contributed by atoms with van der Waals surface area (Å²) in [7, 11) is 0. The average Bonchev–Trinajstić information content (AvgIpc) is 3.81. The summed E-state index contributed by atoms with van der Waals surface area (Å²) < 4.78 is 21.1. The number of anilines is 4. The van der Waals surface area contributed by atoms with Gasteiger partial charge in [0.1, 0.15) is 0 Å². The van der Waals surface area contributed by atoms with Gasteiger partial charge in [-0.05, 0) is 0 Å². The second kappa shape index (κ2) is 12.2. The fraction of sp³-hybridized carbons (Fsp3) is 0. The van der Waals surface area contributed by atoms with Gasteiger partial charge in [0, 0.05) is 0 Å². The van der Waals surface area contributed by atoms with Crippen LogP contribution in [0.5, 0.6) is 23.0 Å². The van der Waals surface area contributed by atoms with Crippen LogP contribution < -0.4 is 28.9 Å². The van der Waals surface area contributed by atoms with E-state index in [9.17, 15) is 0 Å². The van der Waals surface area contributed by atoms with E-state index in [1.165, 1.54) is 60.3 Å². The van der Waals surface area contributed by atoms with Crippen molar-refractivity contribution in [3.63, 3.8) is 0 Å². The zero-order valence-corrected chi connectivity index (χ0v) is 32.9.